The van der Waals surface area contributed by atoms with Gasteiger partial charge in [-0.25, -0.2) is 4.39 Å². The third-order valence-corrected chi connectivity index (χ3v) is 6.83. The van der Waals surface area contributed by atoms with E-state index in [1.165, 1.54) is 12.1 Å². The topological polar surface area (TPSA) is 56.7 Å². The molecule has 3 unspecified atom stereocenters. The lowest BCUT2D eigenvalue weighted by Crippen LogP contribution is -2.46. The second kappa shape index (κ2) is 12.2. The minimum atomic E-state index is -0.716. The van der Waals surface area contributed by atoms with E-state index in [4.69, 9.17) is 4.99 Å². The van der Waals surface area contributed by atoms with Crippen molar-refractivity contribution in [2.75, 3.05) is 32.4 Å². The van der Waals surface area contributed by atoms with Crippen molar-refractivity contribution in [3.8, 4) is 0 Å². The monoisotopic (exact) mass is 410 g/mol. The fraction of sp³-hybridized carbons (Fsp3) is 0.667. The molecule has 1 aromatic rings. The van der Waals surface area contributed by atoms with Crippen molar-refractivity contribution >= 4 is 16.8 Å². The van der Waals surface area contributed by atoms with Gasteiger partial charge in [0, 0.05) is 47.5 Å². The van der Waals surface area contributed by atoms with Crippen LogP contribution >= 0.6 is 0 Å². The van der Waals surface area contributed by atoms with Crippen molar-refractivity contribution in [3.05, 3.63) is 35.6 Å². The van der Waals surface area contributed by atoms with E-state index in [1.807, 2.05) is 26.1 Å². The Bertz CT molecular complexity index is 638. The van der Waals surface area contributed by atoms with Gasteiger partial charge in [0.1, 0.15) is 5.82 Å². The van der Waals surface area contributed by atoms with Crippen LogP contribution in [0.1, 0.15) is 45.1 Å². The van der Waals surface area contributed by atoms with Crippen LogP contribution in [-0.2, 0) is 17.3 Å². The van der Waals surface area contributed by atoms with Crippen LogP contribution in [0.25, 0.3) is 0 Å². The van der Waals surface area contributed by atoms with Gasteiger partial charge in [-0.1, -0.05) is 25.5 Å². The lowest BCUT2D eigenvalue weighted by Gasteiger charge is -2.30. The Morgan fingerprint density at radius 1 is 1.29 bits per heavy atom. The molecule has 0 radical (unpaired) electrons. The van der Waals surface area contributed by atoms with Crippen LogP contribution in [0.5, 0.6) is 0 Å². The predicted molar refractivity (Wildman–Crippen MR) is 117 cm³/mol. The average molecular weight is 411 g/mol. The normalized spacial score (nSPS) is 21.5. The fourth-order valence-corrected chi connectivity index (χ4v) is 4.92. The first-order chi connectivity index (χ1) is 13.5. The molecular formula is C21H35FN4OS. The number of nitrogens with zero attached hydrogens (tertiary/aromatic N) is 2. The summed E-state index contributed by atoms with van der Waals surface area (Å²) >= 11 is 0. The van der Waals surface area contributed by atoms with Crippen LogP contribution in [0.4, 0.5) is 4.39 Å². The zero-order valence-electron chi connectivity index (χ0n) is 17.4. The summed E-state index contributed by atoms with van der Waals surface area (Å²) in [5.41, 5.74) is 1.09. The first-order valence-corrected chi connectivity index (χ1v) is 11.7. The Kier molecular flexibility index (Phi) is 9.92. The lowest BCUT2D eigenvalue weighted by molar-refractivity contribution is 0.336. The first kappa shape index (κ1) is 22.8. The minimum absolute atomic E-state index is 0.204. The van der Waals surface area contributed by atoms with Gasteiger partial charge in [0.15, 0.2) is 5.96 Å². The van der Waals surface area contributed by atoms with Gasteiger partial charge in [-0.05, 0) is 50.9 Å². The molecule has 1 fully saturated rings. The summed E-state index contributed by atoms with van der Waals surface area (Å²) in [6.07, 6.45) is 4.25. The molecule has 1 aliphatic carbocycles. The van der Waals surface area contributed by atoms with Crippen molar-refractivity contribution in [3.63, 3.8) is 0 Å². The number of hydrogen-bond acceptors (Lipinski definition) is 3. The molecule has 3 atom stereocenters. The van der Waals surface area contributed by atoms with Crippen molar-refractivity contribution in [2.45, 2.75) is 57.4 Å². The number of hydrogen-bond donors (Lipinski definition) is 2. The van der Waals surface area contributed by atoms with Crippen LogP contribution < -0.4 is 10.6 Å². The second-order valence-corrected chi connectivity index (χ2v) is 9.43. The molecule has 2 rings (SSSR count). The summed E-state index contributed by atoms with van der Waals surface area (Å²) in [6.45, 7) is 7.15. The highest BCUT2D eigenvalue weighted by atomic mass is 32.2. The van der Waals surface area contributed by atoms with Gasteiger partial charge in [0.05, 0.1) is 6.54 Å². The Morgan fingerprint density at radius 2 is 2.04 bits per heavy atom. The summed E-state index contributed by atoms with van der Waals surface area (Å²) in [4.78, 5) is 6.89. The van der Waals surface area contributed by atoms with Gasteiger partial charge in [-0.3, -0.25) is 9.20 Å². The summed E-state index contributed by atoms with van der Waals surface area (Å²) in [6, 6.07) is 6.97. The van der Waals surface area contributed by atoms with Gasteiger partial charge in [0.25, 0.3) is 0 Å². The van der Waals surface area contributed by atoms with E-state index >= 15 is 0 Å². The molecule has 5 nitrogen and oxygen atoms in total. The third kappa shape index (κ3) is 7.87. The highest BCUT2D eigenvalue weighted by Gasteiger charge is 2.26. The molecule has 1 aromatic carbocycles. The Morgan fingerprint density at radius 3 is 2.71 bits per heavy atom. The number of benzene rings is 1. The number of guanidine groups is 1. The Hall–Kier alpha value is -1.47. The molecule has 0 bridgehead atoms. The molecular weight excluding hydrogens is 375 g/mol. The molecule has 0 saturated heterocycles. The molecule has 1 saturated carbocycles. The minimum Gasteiger partial charge on any atom is -0.357 e. The summed E-state index contributed by atoms with van der Waals surface area (Å²) in [5.74, 6) is 1.38. The smallest absolute Gasteiger partial charge is 0.191 e. The zero-order valence-corrected chi connectivity index (χ0v) is 18.2. The largest absolute Gasteiger partial charge is 0.357 e. The highest BCUT2D eigenvalue weighted by molar-refractivity contribution is 7.85. The SMILES string of the molecule is CCNC(=NCCN(C)Cc1ccc(F)cc1)NC1CCCC(S(=O)CC)C1. The predicted octanol–water partition coefficient (Wildman–Crippen LogP) is 2.89. The van der Waals surface area contributed by atoms with Gasteiger partial charge in [-0.15, -0.1) is 0 Å². The summed E-state index contributed by atoms with van der Waals surface area (Å²) in [5, 5.41) is 7.17. The molecule has 28 heavy (non-hydrogen) atoms. The quantitative estimate of drug-likeness (QED) is 0.486. The van der Waals surface area contributed by atoms with Gasteiger partial charge >= 0.3 is 0 Å². The van der Waals surface area contributed by atoms with Crippen LogP contribution in [0.15, 0.2) is 29.3 Å². The zero-order chi connectivity index (χ0) is 20.4. The molecule has 0 aromatic heterocycles. The average Bonchev–Trinajstić information content (AvgIpc) is 2.69. The maximum Gasteiger partial charge on any atom is 0.191 e. The summed E-state index contributed by atoms with van der Waals surface area (Å²) in [7, 11) is 1.33. The van der Waals surface area contributed by atoms with Crippen molar-refractivity contribution < 1.29 is 8.60 Å². The van der Waals surface area contributed by atoms with Crippen molar-refractivity contribution in [2.24, 2.45) is 4.99 Å². The Labute approximate surface area is 171 Å². The van der Waals surface area contributed by atoms with E-state index in [0.717, 1.165) is 62.6 Å². The molecule has 0 aliphatic heterocycles. The number of rotatable bonds is 9. The van der Waals surface area contributed by atoms with E-state index in [-0.39, 0.29) is 5.82 Å². The number of aliphatic imine (C=N–C) groups is 1. The maximum absolute atomic E-state index is 13.0. The lowest BCUT2D eigenvalue weighted by atomic mass is 9.95. The Balaban J connectivity index is 1.82. The van der Waals surface area contributed by atoms with Gasteiger partial charge < -0.3 is 15.5 Å². The van der Waals surface area contributed by atoms with Crippen LogP contribution in [0.2, 0.25) is 0 Å². The molecule has 0 amide bonds. The molecule has 1 aliphatic rings. The second-order valence-electron chi connectivity index (χ2n) is 7.42. The van der Waals surface area contributed by atoms with Crippen LogP contribution in [0.3, 0.4) is 0 Å². The van der Waals surface area contributed by atoms with Crippen molar-refractivity contribution in [1.29, 1.82) is 0 Å². The molecule has 158 valence electrons. The van der Waals surface area contributed by atoms with Crippen molar-refractivity contribution in [1.82, 2.24) is 15.5 Å². The summed E-state index contributed by atoms with van der Waals surface area (Å²) < 4.78 is 25.2. The van der Waals surface area contributed by atoms with E-state index in [9.17, 15) is 8.60 Å². The van der Waals surface area contributed by atoms with Gasteiger partial charge in [0.2, 0.25) is 0 Å². The molecule has 7 heteroatoms. The number of likely N-dealkylation sites (N-methyl/N-ethyl adjacent to an activating group) is 1. The molecule has 0 heterocycles. The van der Waals surface area contributed by atoms with E-state index < -0.39 is 10.8 Å². The molecule has 0 spiro atoms. The number of nitrogens with one attached hydrogen (secondary N) is 2. The molecule has 2 N–H and O–H groups in total. The number of halogens is 1. The van der Waals surface area contributed by atoms with Gasteiger partial charge in [-0.2, -0.15) is 0 Å². The first-order valence-electron chi connectivity index (χ1n) is 10.4. The van der Waals surface area contributed by atoms with E-state index in [0.29, 0.717) is 17.8 Å². The maximum atomic E-state index is 13.0. The van der Waals surface area contributed by atoms with Crippen LogP contribution in [0, 0.1) is 5.82 Å². The highest BCUT2D eigenvalue weighted by Crippen LogP contribution is 2.22. The fourth-order valence-electron chi connectivity index (χ4n) is 3.58. The third-order valence-electron chi connectivity index (χ3n) is 5.08. The van der Waals surface area contributed by atoms with E-state index in [1.54, 1.807) is 0 Å². The van der Waals surface area contributed by atoms with Crippen LogP contribution in [-0.4, -0.2) is 58.8 Å². The van der Waals surface area contributed by atoms with E-state index in [2.05, 4.69) is 22.5 Å². The standard InChI is InChI=1S/C21H35FN4OS/c1-4-23-21(25-19-7-6-8-20(15-19)28(27)5-2)24-13-14-26(3)16-17-9-11-18(22)12-10-17/h9-12,19-20H,4-8,13-16H2,1-3H3,(H2,23,24,25).